The number of hydrogen-bond donors (Lipinski definition) is 1. The van der Waals surface area contributed by atoms with Gasteiger partial charge in [-0.2, -0.15) is 5.26 Å². The summed E-state index contributed by atoms with van der Waals surface area (Å²) in [4.78, 5) is 0. The van der Waals surface area contributed by atoms with E-state index in [1.54, 1.807) is 24.3 Å². The molecule has 0 atom stereocenters. The van der Waals surface area contributed by atoms with Gasteiger partial charge in [-0.1, -0.05) is 12.1 Å². The number of nitriles is 1. The van der Waals surface area contributed by atoms with E-state index >= 15 is 0 Å². The zero-order valence-corrected chi connectivity index (χ0v) is 9.54. The van der Waals surface area contributed by atoms with Gasteiger partial charge in [-0.25, -0.2) is 0 Å². The first-order valence-electron chi connectivity index (χ1n) is 5.57. The van der Waals surface area contributed by atoms with Crippen molar-refractivity contribution in [1.82, 2.24) is 4.40 Å². The predicted octanol–water partition coefficient (Wildman–Crippen LogP) is 3.18. The molecule has 3 nitrogen and oxygen atoms in total. The van der Waals surface area contributed by atoms with Crippen molar-refractivity contribution < 1.29 is 5.11 Å². The second kappa shape index (κ2) is 3.94. The Kier molecular flexibility index (Phi) is 2.28. The lowest BCUT2D eigenvalue weighted by molar-refractivity contribution is 0.475. The quantitative estimate of drug-likeness (QED) is 0.703. The Morgan fingerprint density at radius 1 is 1.00 bits per heavy atom. The molecule has 0 saturated heterocycles. The van der Waals surface area contributed by atoms with Gasteiger partial charge in [0.2, 0.25) is 0 Å². The third-order valence-electron chi connectivity index (χ3n) is 2.93. The minimum absolute atomic E-state index is 0.256. The first-order chi connectivity index (χ1) is 8.76. The second-order valence-electron chi connectivity index (χ2n) is 4.14. The third-order valence-corrected chi connectivity index (χ3v) is 2.93. The van der Waals surface area contributed by atoms with Crippen molar-refractivity contribution in [2.75, 3.05) is 0 Å². The Hall–Kier alpha value is -2.73. The van der Waals surface area contributed by atoms with E-state index in [1.165, 1.54) is 0 Å². The van der Waals surface area contributed by atoms with Crippen molar-refractivity contribution in [3.05, 3.63) is 60.4 Å². The molecule has 86 valence electrons. The first-order valence-corrected chi connectivity index (χ1v) is 5.57. The van der Waals surface area contributed by atoms with Gasteiger partial charge in [-0.15, -0.1) is 0 Å². The van der Waals surface area contributed by atoms with Crippen molar-refractivity contribution in [3.63, 3.8) is 0 Å². The highest BCUT2D eigenvalue weighted by Gasteiger charge is 2.03. The van der Waals surface area contributed by atoms with Crippen LogP contribution in [-0.4, -0.2) is 9.51 Å². The molecule has 0 fully saturated rings. The Balaban J connectivity index is 2.10. The Morgan fingerprint density at radius 3 is 2.50 bits per heavy atom. The zero-order valence-electron chi connectivity index (χ0n) is 9.54. The number of hydrogen-bond acceptors (Lipinski definition) is 2. The van der Waals surface area contributed by atoms with Crippen molar-refractivity contribution in [3.8, 4) is 22.9 Å². The van der Waals surface area contributed by atoms with Crippen LogP contribution in [-0.2, 0) is 0 Å². The molecule has 3 heteroatoms. The molecule has 0 bridgehead atoms. The third kappa shape index (κ3) is 1.70. The van der Waals surface area contributed by atoms with Crippen LogP contribution < -0.4 is 0 Å². The minimum Gasteiger partial charge on any atom is -0.508 e. The zero-order chi connectivity index (χ0) is 12.5. The summed E-state index contributed by atoms with van der Waals surface area (Å²) < 4.78 is 1.95. The lowest BCUT2D eigenvalue weighted by atomic mass is 10.1. The average Bonchev–Trinajstić information content (AvgIpc) is 2.81. The molecule has 1 aromatic carbocycles. The maximum atomic E-state index is 9.43. The molecule has 0 aliphatic rings. The van der Waals surface area contributed by atoms with Crippen molar-refractivity contribution in [2.24, 2.45) is 0 Å². The molecule has 0 amide bonds. The van der Waals surface area contributed by atoms with Crippen molar-refractivity contribution >= 4 is 5.52 Å². The highest BCUT2D eigenvalue weighted by Crippen LogP contribution is 2.24. The number of pyridine rings is 1. The van der Waals surface area contributed by atoms with E-state index < -0.39 is 0 Å². The van der Waals surface area contributed by atoms with Crippen LogP contribution in [0.5, 0.6) is 5.75 Å². The highest BCUT2D eigenvalue weighted by atomic mass is 16.3. The topological polar surface area (TPSA) is 48.4 Å². The molecule has 0 unspecified atom stereocenters. The second-order valence-corrected chi connectivity index (χ2v) is 4.14. The molecule has 2 aromatic heterocycles. The molecular formula is C15H10N2O. The van der Waals surface area contributed by atoms with Gasteiger partial charge in [0.05, 0.1) is 11.6 Å². The molecule has 0 saturated carbocycles. The molecule has 3 rings (SSSR count). The lowest BCUT2D eigenvalue weighted by Crippen LogP contribution is -1.78. The highest BCUT2D eigenvalue weighted by molar-refractivity contribution is 5.71. The van der Waals surface area contributed by atoms with E-state index in [1.807, 2.05) is 35.0 Å². The first kappa shape index (κ1) is 10.4. The summed E-state index contributed by atoms with van der Waals surface area (Å²) in [5.74, 6) is 0.256. The average molecular weight is 234 g/mol. The van der Waals surface area contributed by atoms with Crippen LogP contribution in [0, 0.1) is 11.3 Å². The van der Waals surface area contributed by atoms with Crippen LogP contribution in [0.25, 0.3) is 16.6 Å². The summed E-state index contributed by atoms with van der Waals surface area (Å²) in [7, 11) is 0. The maximum Gasteiger partial charge on any atom is 0.119 e. The maximum absolute atomic E-state index is 9.43. The van der Waals surface area contributed by atoms with Gasteiger partial charge in [0, 0.05) is 29.5 Å². The van der Waals surface area contributed by atoms with Gasteiger partial charge in [0.1, 0.15) is 5.75 Å². The van der Waals surface area contributed by atoms with Crippen LogP contribution in [0.15, 0.2) is 54.9 Å². The van der Waals surface area contributed by atoms with Crippen LogP contribution >= 0.6 is 0 Å². The van der Waals surface area contributed by atoms with Crippen molar-refractivity contribution in [1.29, 1.82) is 5.26 Å². The van der Waals surface area contributed by atoms with Crippen LogP contribution in [0.3, 0.4) is 0 Å². The number of aromatic nitrogens is 1. The fourth-order valence-electron chi connectivity index (χ4n) is 1.99. The lowest BCUT2D eigenvalue weighted by Gasteiger charge is -1.96. The molecule has 3 aromatic rings. The van der Waals surface area contributed by atoms with Gasteiger partial charge in [0.25, 0.3) is 0 Å². The Bertz CT molecular complexity index is 748. The molecule has 0 aliphatic heterocycles. The Labute approximate surface area is 104 Å². The van der Waals surface area contributed by atoms with Gasteiger partial charge in [-0.3, -0.25) is 0 Å². The van der Waals surface area contributed by atoms with Gasteiger partial charge < -0.3 is 9.51 Å². The molecule has 1 N–H and O–H groups in total. The van der Waals surface area contributed by atoms with E-state index in [4.69, 9.17) is 5.26 Å². The van der Waals surface area contributed by atoms with Crippen LogP contribution in [0.1, 0.15) is 5.56 Å². The number of aromatic hydroxyl groups is 1. The van der Waals surface area contributed by atoms with Gasteiger partial charge in [0.15, 0.2) is 0 Å². The standard InChI is InChI=1S/C15H10N2O/c16-9-11-1-3-12(4-2-11)13-7-14-8-15(18)5-6-17(14)10-13/h1-8,10,18H. The summed E-state index contributed by atoms with van der Waals surface area (Å²) in [6.07, 6.45) is 3.81. The molecule has 0 radical (unpaired) electrons. The fraction of sp³-hybridized carbons (Fsp3) is 0. The SMILES string of the molecule is N#Cc1ccc(-c2cc3cc(O)ccn3c2)cc1. The summed E-state index contributed by atoms with van der Waals surface area (Å²) in [6.45, 7) is 0. The van der Waals surface area contributed by atoms with E-state index in [9.17, 15) is 5.11 Å². The monoisotopic (exact) mass is 234 g/mol. The van der Waals surface area contributed by atoms with Crippen LogP contribution in [0.2, 0.25) is 0 Å². The van der Waals surface area contributed by atoms with E-state index in [0.29, 0.717) is 5.56 Å². The van der Waals surface area contributed by atoms with Crippen LogP contribution in [0.4, 0.5) is 0 Å². The number of benzene rings is 1. The van der Waals surface area contributed by atoms with E-state index in [2.05, 4.69) is 6.07 Å². The Morgan fingerprint density at radius 2 is 1.78 bits per heavy atom. The van der Waals surface area contributed by atoms with Gasteiger partial charge >= 0.3 is 0 Å². The summed E-state index contributed by atoms with van der Waals surface area (Å²) in [5, 5.41) is 18.2. The fourth-order valence-corrected chi connectivity index (χ4v) is 1.99. The molecule has 18 heavy (non-hydrogen) atoms. The molecular weight excluding hydrogens is 224 g/mol. The van der Waals surface area contributed by atoms with E-state index in [-0.39, 0.29) is 5.75 Å². The molecule has 2 heterocycles. The predicted molar refractivity (Wildman–Crippen MR) is 69.2 cm³/mol. The largest absolute Gasteiger partial charge is 0.508 e. The summed E-state index contributed by atoms with van der Waals surface area (Å²) in [5.41, 5.74) is 3.71. The molecule has 0 spiro atoms. The molecule has 0 aliphatic carbocycles. The normalized spacial score (nSPS) is 10.4. The smallest absolute Gasteiger partial charge is 0.119 e. The van der Waals surface area contributed by atoms with Gasteiger partial charge in [-0.05, 0) is 29.8 Å². The van der Waals surface area contributed by atoms with Crippen molar-refractivity contribution in [2.45, 2.75) is 0 Å². The number of rotatable bonds is 1. The summed E-state index contributed by atoms with van der Waals surface area (Å²) >= 11 is 0. The number of fused-ring (bicyclic) bond motifs is 1. The summed E-state index contributed by atoms with van der Waals surface area (Å²) in [6, 6.07) is 14.9. The minimum atomic E-state index is 0.256. The van der Waals surface area contributed by atoms with E-state index in [0.717, 1.165) is 16.6 Å². The number of nitrogens with zero attached hydrogens (tertiary/aromatic N) is 2.